The van der Waals surface area contributed by atoms with E-state index in [2.05, 4.69) is 21.0 Å². The quantitative estimate of drug-likeness (QED) is 0.649. The first-order valence-electron chi connectivity index (χ1n) is 10.7. The van der Waals surface area contributed by atoms with Gasteiger partial charge in [0.1, 0.15) is 18.4 Å². The normalized spacial score (nSPS) is 35.1. The van der Waals surface area contributed by atoms with E-state index in [1.54, 1.807) is 10.9 Å². The van der Waals surface area contributed by atoms with Crippen LogP contribution in [0.15, 0.2) is 6.33 Å². The summed E-state index contributed by atoms with van der Waals surface area (Å²) in [6.45, 7) is 4.09. The number of rotatable bonds is 5. The third-order valence-electron chi connectivity index (χ3n) is 6.14. The van der Waals surface area contributed by atoms with E-state index in [4.69, 9.17) is 28.8 Å². The van der Waals surface area contributed by atoms with Crippen LogP contribution in [0.2, 0.25) is 0 Å². The molecular formula is C19H25N6O6P. The summed E-state index contributed by atoms with van der Waals surface area (Å²) in [6.07, 6.45) is 2.15. The van der Waals surface area contributed by atoms with Crippen LogP contribution in [0.25, 0.3) is 11.2 Å². The summed E-state index contributed by atoms with van der Waals surface area (Å²) in [5.41, 5.74) is 6.75. The minimum atomic E-state index is -3.74. The number of hydrogen-bond donors (Lipinski definition) is 1. The van der Waals surface area contributed by atoms with Crippen LogP contribution in [0.5, 0.6) is 5.88 Å². The van der Waals surface area contributed by atoms with Crippen molar-refractivity contribution in [2.75, 3.05) is 18.9 Å². The largest absolute Gasteiger partial charge is 0.476 e. The molecule has 32 heavy (non-hydrogen) atoms. The molecule has 2 aliphatic heterocycles. The van der Waals surface area contributed by atoms with Gasteiger partial charge in [0.05, 0.1) is 37.6 Å². The van der Waals surface area contributed by atoms with E-state index >= 15 is 0 Å². The second-order valence-electron chi connectivity index (χ2n) is 8.19. The Hall–Kier alpha value is -2.29. The van der Waals surface area contributed by atoms with Crippen LogP contribution in [0.1, 0.15) is 39.3 Å². The molecule has 2 aromatic rings. The van der Waals surface area contributed by atoms with E-state index in [9.17, 15) is 9.83 Å². The molecule has 0 spiro atoms. The molecule has 12 nitrogen and oxygen atoms in total. The van der Waals surface area contributed by atoms with Crippen molar-refractivity contribution in [1.29, 1.82) is 5.26 Å². The number of nitrogens with zero attached hydrogens (tertiary/aromatic N) is 5. The molecule has 172 valence electrons. The Kier molecular flexibility index (Phi) is 5.55. The van der Waals surface area contributed by atoms with Gasteiger partial charge in [-0.1, -0.05) is 6.92 Å². The van der Waals surface area contributed by atoms with Crippen LogP contribution < -0.4 is 10.5 Å². The van der Waals surface area contributed by atoms with E-state index in [0.29, 0.717) is 17.8 Å². The molecule has 1 saturated carbocycles. The first-order chi connectivity index (χ1) is 15.4. The second kappa shape index (κ2) is 8.24. The number of phosphoric acid groups is 1. The van der Waals surface area contributed by atoms with Crippen molar-refractivity contribution < 1.29 is 27.6 Å². The van der Waals surface area contributed by atoms with Gasteiger partial charge in [-0.3, -0.25) is 18.1 Å². The minimum absolute atomic E-state index is 0.00991. The standard InChI is InChI=1S/C19H25N6O6P/c1-3-27-17-14-16(23-19(21)24-17)25(9-22-14)18-10(2)12(7-20)15-13(29-18)8-28-32(26,31-15)30-11-5-4-6-11/h9-13,15,18H,3-6,8H2,1-2H3,(H2,21,23,24). The van der Waals surface area contributed by atoms with E-state index < -0.39 is 32.2 Å². The molecule has 4 heterocycles. The second-order valence-corrected chi connectivity index (χ2v) is 9.77. The van der Waals surface area contributed by atoms with Gasteiger partial charge in [-0.2, -0.15) is 15.2 Å². The summed E-state index contributed by atoms with van der Waals surface area (Å²) in [7, 11) is -3.74. The maximum absolute atomic E-state index is 13.0. The van der Waals surface area contributed by atoms with Crippen molar-refractivity contribution in [1.82, 2.24) is 19.5 Å². The maximum atomic E-state index is 13.0. The Morgan fingerprint density at radius 2 is 2.22 bits per heavy atom. The van der Waals surface area contributed by atoms with Crippen LogP contribution in [0.3, 0.4) is 0 Å². The van der Waals surface area contributed by atoms with Crippen LogP contribution in [0.4, 0.5) is 5.95 Å². The highest BCUT2D eigenvalue weighted by atomic mass is 31.2. The third kappa shape index (κ3) is 3.64. The number of nitriles is 1. The molecule has 5 rings (SSSR count). The monoisotopic (exact) mass is 464 g/mol. The minimum Gasteiger partial charge on any atom is -0.476 e. The van der Waals surface area contributed by atoms with Gasteiger partial charge in [-0.05, 0) is 26.2 Å². The van der Waals surface area contributed by atoms with Crippen LogP contribution >= 0.6 is 7.82 Å². The molecule has 13 heteroatoms. The van der Waals surface area contributed by atoms with Gasteiger partial charge in [0.15, 0.2) is 11.2 Å². The number of anilines is 1. The van der Waals surface area contributed by atoms with Crippen LogP contribution in [-0.2, 0) is 22.9 Å². The summed E-state index contributed by atoms with van der Waals surface area (Å²) in [4.78, 5) is 12.8. The predicted molar refractivity (Wildman–Crippen MR) is 110 cm³/mol. The summed E-state index contributed by atoms with van der Waals surface area (Å²) in [6, 6.07) is 2.30. The van der Waals surface area contributed by atoms with Crippen molar-refractivity contribution >= 4 is 24.9 Å². The number of hydrogen-bond acceptors (Lipinski definition) is 11. The number of imidazole rings is 1. The summed E-state index contributed by atoms with van der Waals surface area (Å²) in [5, 5.41) is 9.95. The maximum Gasteiger partial charge on any atom is 0.475 e. The highest BCUT2D eigenvalue weighted by molar-refractivity contribution is 7.48. The summed E-state index contributed by atoms with van der Waals surface area (Å²) >= 11 is 0. The molecule has 2 saturated heterocycles. The molecule has 1 aliphatic carbocycles. The molecule has 3 fully saturated rings. The zero-order valence-electron chi connectivity index (χ0n) is 17.8. The van der Waals surface area contributed by atoms with Crippen molar-refractivity contribution in [2.45, 2.75) is 57.6 Å². The Morgan fingerprint density at radius 3 is 2.91 bits per heavy atom. The number of ether oxygens (including phenoxy) is 2. The fourth-order valence-electron chi connectivity index (χ4n) is 4.25. The van der Waals surface area contributed by atoms with Crippen LogP contribution in [0, 0.1) is 23.2 Å². The predicted octanol–water partition coefficient (Wildman–Crippen LogP) is 2.57. The van der Waals surface area contributed by atoms with Crippen molar-refractivity contribution in [3.05, 3.63) is 6.33 Å². The molecule has 6 atom stereocenters. The fraction of sp³-hybridized carbons (Fsp3) is 0.684. The SMILES string of the molecule is CCOc1nc(N)nc2c1ncn2C1OC2COP(=O)(OC3CCC3)OC2C(C#N)C1C. The zero-order chi connectivity index (χ0) is 22.5. The van der Waals surface area contributed by atoms with Gasteiger partial charge in [0, 0.05) is 5.92 Å². The van der Waals surface area contributed by atoms with E-state index in [0.717, 1.165) is 19.3 Å². The lowest BCUT2D eigenvalue weighted by atomic mass is 9.83. The third-order valence-corrected chi connectivity index (χ3v) is 7.66. The van der Waals surface area contributed by atoms with Gasteiger partial charge >= 0.3 is 7.82 Å². The molecule has 6 unspecified atom stereocenters. The fourth-order valence-corrected chi connectivity index (χ4v) is 5.90. The summed E-state index contributed by atoms with van der Waals surface area (Å²) < 4.78 is 43.3. The van der Waals surface area contributed by atoms with Gasteiger partial charge < -0.3 is 15.2 Å². The molecular weight excluding hydrogens is 439 g/mol. The van der Waals surface area contributed by atoms with Crippen LogP contribution in [-0.4, -0.2) is 51.0 Å². The topological polar surface area (TPSA) is 157 Å². The van der Waals surface area contributed by atoms with Crippen molar-refractivity contribution in [3.63, 3.8) is 0 Å². The number of nitrogen functional groups attached to an aromatic ring is 1. The molecule has 2 aromatic heterocycles. The average Bonchev–Trinajstić information content (AvgIpc) is 3.14. The number of phosphoric ester groups is 1. The van der Waals surface area contributed by atoms with Gasteiger partial charge in [0.25, 0.3) is 0 Å². The van der Waals surface area contributed by atoms with E-state index in [1.807, 2.05) is 13.8 Å². The first-order valence-corrected chi connectivity index (χ1v) is 12.2. The van der Waals surface area contributed by atoms with Gasteiger partial charge in [0.2, 0.25) is 11.8 Å². The van der Waals surface area contributed by atoms with E-state index in [1.165, 1.54) is 0 Å². The smallest absolute Gasteiger partial charge is 0.475 e. The highest BCUT2D eigenvalue weighted by Crippen LogP contribution is 2.59. The molecule has 2 N–H and O–H groups in total. The Morgan fingerprint density at radius 1 is 1.41 bits per heavy atom. The number of aromatic nitrogens is 4. The van der Waals surface area contributed by atoms with Crippen molar-refractivity contribution in [3.8, 4) is 11.9 Å². The Bertz CT molecular complexity index is 1100. The first kappa shape index (κ1) is 21.6. The molecule has 3 aliphatic rings. The zero-order valence-corrected chi connectivity index (χ0v) is 18.7. The lowest BCUT2D eigenvalue weighted by molar-refractivity contribution is -0.211. The number of fused-ring (bicyclic) bond motifs is 2. The molecule has 0 aromatic carbocycles. The average molecular weight is 464 g/mol. The van der Waals surface area contributed by atoms with Gasteiger partial charge in [-0.25, -0.2) is 9.55 Å². The summed E-state index contributed by atoms with van der Waals surface area (Å²) in [5.74, 6) is -0.644. The Balaban J connectivity index is 1.44. The molecule has 0 radical (unpaired) electrons. The number of nitrogens with two attached hydrogens (primary N) is 1. The van der Waals surface area contributed by atoms with Crippen molar-refractivity contribution in [2.24, 2.45) is 11.8 Å². The highest BCUT2D eigenvalue weighted by Gasteiger charge is 2.53. The lowest BCUT2D eigenvalue weighted by Gasteiger charge is -2.46. The Labute approximate surface area is 184 Å². The lowest BCUT2D eigenvalue weighted by Crippen LogP contribution is -2.52. The molecule has 0 bridgehead atoms. The van der Waals surface area contributed by atoms with E-state index in [-0.39, 0.29) is 30.5 Å². The molecule has 0 amide bonds. The van der Waals surface area contributed by atoms with Gasteiger partial charge in [-0.15, -0.1) is 0 Å².